The van der Waals surface area contributed by atoms with Gasteiger partial charge in [0.05, 0.1) is 39.1 Å². The Labute approximate surface area is 247 Å². The van der Waals surface area contributed by atoms with Crippen molar-refractivity contribution >= 4 is 50.7 Å². The number of aromatic amines is 2. The summed E-state index contributed by atoms with van der Waals surface area (Å²) in [7, 11) is 0. The van der Waals surface area contributed by atoms with E-state index in [4.69, 9.17) is 4.98 Å². The molecule has 0 fully saturated rings. The summed E-state index contributed by atoms with van der Waals surface area (Å²) in [6.07, 6.45) is 4.97. The summed E-state index contributed by atoms with van der Waals surface area (Å²) < 4.78 is 15.3. The molecule has 0 saturated carbocycles. The van der Waals surface area contributed by atoms with E-state index in [9.17, 15) is 9.59 Å². The highest BCUT2D eigenvalue weighted by Gasteiger charge is 2.19. The molecule has 3 N–H and O–H groups in total. The number of hydrogen-bond donors (Lipinski definition) is 3. The lowest BCUT2D eigenvalue weighted by atomic mass is 10.0. The van der Waals surface area contributed by atoms with Crippen LogP contribution in [0.25, 0.3) is 55.2 Å². The van der Waals surface area contributed by atoms with Crippen molar-refractivity contribution < 1.29 is 14.0 Å². The van der Waals surface area contributed by atoms with Crippen molar-refractivity contribution in [2.24, 2.45) is 0 Å². The number of halogens is 1. The molecule has 2 aromatic carbocycles. The number of rotatable bonds is 7. The number of ketones is 1. The first-order valence-corrected chi connectivity index (χ1v) is 14.2. The lowest BCUT2D eigenvalue weighted by Crippen LogP contribution is -2.14. The van der Waals surface area contributed by atoms with Crippen LogP contribution in [-0.4, -0.2) is 41.8 Å². The van der Waals surface area contributed by atoms with Gasteiger partial charge in [0.1, 0.15) is 22.7 Å². The molecule has 1 amide bonds. The Hall–Kier alpha value is -5.55. The molecule has 5 aromatic heterocycles. The van der Waals surface area contributed by atoms with E-state index in [1.165, 1.54) is 30.5 Å². The third kappa shape index (κ3) is 5.06. The molecular formula is C32H22FN7O2S. The van der Waals surface area contributed by atoms with E-state index in [2.05, 4.69) is 30.5 Å². The third-order valence-electron chi connectivity index (χ3n) is 7.00. The number of imidazole rings is 1. The maximum Gasteiger partial charge on any atom is 0.228 e. The molecule has 43 heavy (non-hydrogen) atoms. The van der Waals surface area contributed by atoms with Crippen molar-refractivity contribution in [2.75, 3.05) is 5.32 Å². The van der Waals surface area contributed by atoms with E-state index < -0.39 is 5.82 Å². The second-order valence-corrected chi connectivity index (χ2v) is 11.1. The first-order valence-electron chi connectivity index (χ1n) is 13.4. The maximum absolute atomic E-state index is 15.3. The molecule has 210 valence electrons. The fourth-order valence-corrected chi connectivity index (χ4v) is 5.86. The summed E-state index contributed by atoms with van der Waals surface area (Å²) >= 11 is 1.36. The molecule has 7 aromatic rings. The first-order chi connectivity index (χ1) is 20.9. The van der Waals surface area contributed by atoms with Gasteiger partial charge in [0, 0.05) is 35.0 Å². The number of thiophene rings is 1. The average Bonchev–Trinajstić information content (AvgIpc) is 3.75. The zero-order chi connectivity index (χ0) is 29.5. The van der Waals surface area contributed by atoms with Crippen LogP contribution in [0.3, 0.4) is 0 Å². The number of carbonyl (C=O) groups is 2. The van der Waals surface area contributed by atoms with E-state index in [-0.39, 0.29) is 18.1 Å². The van der Waals surface area contributed by atoms with Crippen molar-refractivity contribution in [3.63, 3.8) is 0 Å². The Bertz CT molecular complexity index is 2170. The molecular weight excluding hydrogens is 565 g/mol. The zero-order valence-electron chi connectivity index (χ0n) is 22.7. The van der Waals surface area contributed by atoms with E-state index in [0.717, 1.165) is 16.0 Å². The number of anilines is 1. The van der Waals surface area contributed by atoms with Crippen LogP contribution in [0.5, 0.6) is 0 Å². The van der Waals surface area contributed by atoms with Gasteiger partial charge in [-0.2, -0.15) is 5.10 Å². The quantitative estimate of drug-likeness (QED) is 0.176. The van der Waals surface area contributed by atoms with Crippen LogP contribution in [0.4, 0.5) is 10.1 Å². The molecule has 0 unspecified atom stereocenters. The molecule has 11 heteroatoms. The van der Waals surface area contributed by atoms with E-state index >= 15 is 4.39 Å². The highest BCUT2D eigenvalue weighted by atomic mass is 32.1. The van der Waals surface area contributed by atoms with Gasteiger partial charge < -0.3 is 10.3 Å². The Morgan fingerprint density at radius 2 is 1.84 bits per heavy atom. The number of nitrogens with zero attached hydrogens (tertiary/aromatic N) is 4. The second-order valence-electron chi connectivity index (χ2n) is 9.98. The monoisotopic (exact) mass is 587 g/mol. The average molecular weight is 588 g/mol. The van der Waals surface area contributed by atoms with Gasteiger partial charge in [0.25, 0.3) is 0 Å². The molecule has 0 aliphatic heterocycles. The molecule has 0 saturated heterocycles. The fourth-order valence-electron chi connectivity index (χ4n) is 4.96. The van der Waals surface area contributed by atoms with E-state index in [0.29, 0.717) is 55.3 Å². The second kappa shape index (κ2) is 10.7. The molecule has 0 atom stereocenters. The third-order valence-corrected chi connectivity index (χ3v) is 8.20. The molecule has 7 rings (SSSR count). The molecule has 5 heterocycles. The fraction of sp³-hybridized carbons (Fsp3) is 0.0625. The molecule has 9 nitrogen and oxygen atoms in total. The summed E-state index contributed by atoms with van der Waals surface area (Å²) in [6, 6.07) is 19.6. The Kier molecular flexibility index (Phi) is 6.55. The van der Waals surface area contributed by atoms with Crippen LogP contribution in [0.2, 0.25) is 0 Å². The minimum absolute atomic E-state index is 0.00697. The summed E-state index contributed by atoms with van der Waals surface area (Å²) in [6.45, 7) is 1.53. The number of carbonyl (C=O) groups excluding carboxylic acids is 2. The van der Waals surface area contributed by atoms with Gasteiger partial charge in [0.15, 0.2) is 11.6 Å². The van der Waals surface area contributed by atoms with Crippen LogP contribution in [0.15, 0.2) is 85.3 Å². The zero-order valence-corrected chi connectivity index (χ0v) is 23.5. The topological polar surface area (TPSA) is 129 Å². The van der Waals surface area contributed by atoms with Crippen molar-refractivity contribution in [1.82, 2.24) is 30.1 Å². The lowest BCUT2D eigenvalue weighted by molar-refractivity contribution is -0.115. The predicted octanol–water partition coefficient (Wildman–Crippen LogP) is 6.81. The molecule has 0 spiro atoms. The summed E-state index contributed by atoms with van der Waals surface area (Å²) in [5, 5.41) is 10.8. The number of pyridine rings is 2. The van der Waals surface area contributed by atoms with Gasteiger partial charge in [-0.05, 0) is 42.8 Å². The first kappa shape index (κ1) is 26.4. The van der Waals surface area contributed by atoms with Crippen LogP contribution >= 0.6 is 11.3 Å². The largest absolute Gasteiger partial charge is 0.336 e. The van der Waals surface area contributed by atoms with Crippen LogP contribution in [0.1, 0.15) is 22.2 Å². The van der Waals surface area contributed by atoms with Gasteiger partial charge >= 0.3 is 0 Å². The Morgan fingerprint density at radius 3 is 2.65 bits per heavy atom. The number of H-pyrrole nitrogens is 2. The van der Waals surface area contributed by atoms with Crippen LogP contribution in [0, 0.1) is 5.82 Å². The predicted molar refractivity (Wildman–Crippen MR) is 164 cm³/mol. The van der Waals surface area contributed by atoms with Crippen molar-refractivity contribution in [3.05, 3.63) is 102 Å². The van der Waals surface area contributed by atoms with Crippen LogP contribution in [-0.2, 0) is 11.2 Å². The smallest absolute Gasteiger partial charge is 0.228 e. The van der Waals surface area contributed by atoms with Crippen LogP contribution < -0.4 is 5.32 Å². The summed E-state index contributed by atoms with van der Waals surface area (Å²) in [5.74, 6) is -0.187. The highest BCUT2D eigenvalue weighted by molar-refractivity contribution is 7.17. The number of Topliss-reactive ketones (excluding diaryl/α,β-unsaturated/α-hetero) is 1. The van der Waals surface area contributed by atoms with Gasteiger partial charge in [0.2, 0.25) is 5.91 Å². The molecule has 0 aliphatic rings. The lowest BCUT2D eigenvalue weighted by Gasteiger charge is -2.08. The van der Waals surface area contributed by atoms with E-state index in [1.54, 1.807) is 30.6 Å². The van der Waals surface area contributed by atoms with Gasteiger partial charge in [-0.15, -0.1) is 11.3 Å². The Morgan fingerprint density at radius 1 is 0.977 bits per heavy atom. The minimum atomic E-state index is -0.465. The Balaban J connectivity index is 1.23. The number of hydrogen-bond acceptors (Lipinski definition) is 7. The van der Waals surface area contributed by atoms with Crippen molar-refractivity contribution in [3.8, 4) is 33.2 Å². The SMILES string of the molecule is CC(=O)c1ccc(-c2nccc3[nH]c(-c4n[nH]c5cc(F)c(-c6cncc(NC(=O)Cc7ccccc7)c6)cc45)nc23)s1. The minimum Gasteiger partial charge on any atom is -0.336 e. The molecule has 0 bridgehead atoms. The number of aromatic nitrogens is 6. The van der Waals surface area contributed by atoms with Crippen molar-refractivity contribution in [1.29, 1.82) is 0 Å². The van der Waals surface area contributed by atoms with E-state index in [1.807, 2.05) is 42.5 Å². The van der Waals surface area contributed by atoms with Gasteiger partial charge in [-0.1, -0.05) is 30.3 Å². The summed E-state index contributed by atoms with van der Waals surface area (Å²) in [4.78, 5) is 42.8. The number of benzene rings is 2. The molecule has 0 aliphatic carbocycles. The molecule has 0 radical (unpaired) electrons. The van der Waals surface area contributed by atoms with Crippen molar-refractivity contribution in [2.45, 2.75) is 13.3 Å². The highest BCUT2D eigenvalue weighted by Crippen LogP contribution is 2.35. The number of fused-ring (bicyclic) bond motifs is 2. The normalized spacial score (nSPS) is 11.3. The standard InChI is InChI=1S/C32H22FN7O2S/c1-17(41)26-7-8-27(43-26)31-30-24(9-10-35-31)37-32(38-30)29-22-13-21(23(33)14-25(22)39-40-29)19-12-20(16-34-15-19)36-28(42)11-18-5-3-2-4-6-18/h2-10,12-16H,11H2,1H3,(H,36,42)(H,37,38)(H,39,40). The maximum atomic E-state index is 15.3. The number of nitrogens with one attached hydrogen (secondary N) is 3. The van der Waals surface area contributed by atoms with Gasteiger partial charge in [-0.3, -0.25) is 24.7 Å². The summed E-state index contributed by atoms with van der Waals surface area (Å²) in [5.41, 5.74) is 5.20. The number of amides is 1. The van der Waals surface area contributed by atoms with Gasteiger partial charge in [-0.25, -0.2) is 9.37 Å².